The van der Waals surface area contributed by atoms with Gasteiger partial charge in [-0.1, -0.05) is 23.7 Å². The highest BCUT2D eigenvalue weighted by Gasteiger charge is 2.60. The van der Waals surface area contributed by atoms with E-state index in [1.807, 2.05) is 6.07 Å². The minimum atomic E-state index is -1.13. The average Bonchev–Trinajstić information content (AvgIpc) is 3.31. The molecule has 0 radical (unpaired) electrons. The molecule has 2 atom stereocenters. The molecule has 0 spiro atoms. The number of nitrogens with one attached hydrogen (secondary N) is 1. The lowest BCUT2D eigenvalue weighted by atomic mass is 9.81. The summed E-state index contributed by atoms with van der Waals surface area (Å²) in [5.41, 5.74) is 1.61. The van der Waals surface area contributed by atoms with Crippen LogP contribution in [0.25, 0.3) is 10.9 Å². The van der Waals surface area contributed by atoms with Crippen molar-refractivity contribution in [3.8, 4) is 5.75 Å². The molecule has 3 aliphatic rings. The van der Waals surface area contributed by atoms with Crippen molar-refractivity contribution >= 4 is 34.4 Å². The number of phenols is 1. The quantitative estimate of drug-likeness (QED) is 0.479. The predicted molar refractivity (Wildman–Crippen MR) is 143 cm³/mol. The number of hydrogen-bond donors (Lipinski definition) is 2. The molecule has 6 rings (SSSR count). The molecule has 8 nitrogen and oxygen atoms in total. The number of imide groups is 1. The number of nitrogens with zero attached hydrogens (tertiary/aromatic N) is 4. The first kappa shape index (κ1) is 25.2. The number of hydrogen-bond acceptors (Lipinski definition) is 5. The highest BCUT2D eigenvalue weighted by molar-refractivity contribution is 6.31. The summed E-state index contributed by atoms with van der Waals surface area (Å²) in [6.07, 6.45) is 0.976. The number of aromatic amines is 1. The standard InChI is InChI=1S/C28H31ClFN5O3/c1-28-16-20-19-14-21(29)22(30)15-23(19)31-24(20)25(17-5-3-6-18(36)13-17)35(28)27(38)34(26(28)37)8-4-7-33-11-9-32(2)10-12-33/h3,5-6,13-15,25,31,36H,4,7-12,16H2,1-2H3/t25-,28+/m1/s1. The second kappa shape index (κ2) is 9.25. The van der Waals surface area contributed by atoms with Crippen molar-refractivity contribution in [1.82, 2.24) is 24.6 Å². The maximum absolute atomic E-state index is 14.3. The Kier molecular flexibility index (Phi) is 6.13. The number of rotatable bonds is 5. The zero-order valence-corrected chi connectivity index (χ0v) is 22.3. The number of benzene rings is 2. The van der Waals surface area contributed by atoms with Crippen LogP contribution in [0, 0.1) is 5.82 Å². The zero-order chi connectivity index (χ0) is 26.8. The van der Waals surface area contributed by atoms with E-state index in [4.69, 9.17) is 11.6 Å². The molecule has 3 amide bonds. The van der Waals surface area contributed by atoms with Gasteiger partial charge < -0.3 is 19.9 Å². The largest absolute Gasteiger partial charge is 0.508 e. The fourth-order valence-electron chi connectivity index (χ4n) is 6.27. The van der Waals surface area contributed by atoms with Crippen molar-refractivity contribution in [1.29, 1.82) is 0 Å². The molecule has 3 aliphatic heterocycles. The van der Waals surface area contributed by atoms with E-state index in [1.54, 1.807) is 36.1 Å². The Labute approximate surface area is 225 Å². The van der Waals surface area contributed by atoms with Gasteiger partial charge in [0, 0.05) is 55.7 Å². The first-order valence-electron chi connectivity index (χ1n) is 13.0. The van der Waals surface area contributed by atoms with Gasteiger partial charge in [-0.25, -0.2) is 9.18 Å². The second-order valence-electron chi connectivity index (χ2n) is 10.9. The van der Waals surface area contributed by atoms with Crippen molar-refractivity contribution in [2.75, 3.05) is 46.3 Å². The summed E-state index contributed by atoms with van der Waals surface area (Å²) in [5.74, 6) is -0.722. The summed E-state index contributed by atoms with van der Waals surface area (Å²) < 4.78 is 14.3. The molecule has 2 N–H and O–H groups in total. The Morgan fingerprint density at radius 1 is 1.13 bits per heavy atom. The number of amides is 3. The van der Waals surface area contributed by atoms with Crippen LogP contribution in [0.2, 0.25) is 5.02 Å². The molecular formula is C28H31ClFN5O3. The molecule has 1 aromatic heterocycles. The van der Waals surface area contributed by atoms with Crippen LogP contribution in [0.5, 0.6) is 5.75 Å². The van der Waals surface area contributed by atoms with Crippen molar-refractivity contribution < 1.29 is 19.1 Å². The second-order valence-corrected chi connectivity index (χ2v) is 11.3. The normalized spacial score (nSPS) is 24.4. The number of urea groups is 1. The van der Waals surface area contributed by atoms with E-state index in [9.17, 15) is 19.1 Å². The molecule has 0 bridgehead atoms. The Morgan fingerprint density at radius 3 is 2.63 bits per heavy atom. The SMILES string of the molecule is CN1CCN(CCCN2C(=O)N3[C@H](c4cccc(O)c4)c4[nH]c5cc(F)c(Cl)cc5c4C[C@@]3(C)C2=O)CC1. The third-order valence-electron chi connectivity index (χ3n) is 8.35. The van der Waals surface area contributed by atoms with E-state index < -0.39 is 17.4 Å². The first-order valence-corrected chi connectivity index (χ1v) is 13.4. The van der Waals surface area contributed by atoms with E-state index in [-0.39, 0.29) is 29.1 Å². The lowest BCUT2D eigenvalue weighted by Crippen LogP contribution is -2.53. The highest BCUT2D eigenvalue weighted by atomic mass is 35.5. The molecule has 2 fully saturated rings. The van der Waals surface area contributed by atoms with Crippen molar-refractivity contribution in [3.63, 3.8) is 0 Å². The molecular weight excluding hydrogens is 509 g/mol. The van der Waals surface area contributed by atoms with Gasteiger partial charge in [0.15, 0.2) is 0 Å². The number of halogens is 2. The van der Waals surface area contributed by atoms with Gasteiger partial charge in [0.05, 0.1) is 5.02 Å². The van der Waals surface area contributed by atoms with Crippen molar-refractivity contribution in [2.24, 2.45) is 0 Å². The topological polar surface area (TPSA) is 83.1 Å². The summed E-state index contributed by atoms with van der Waals surface area (Å²) in [7, 11) is 2.11. The third kappa shape index (κ3) is 3.95. The maximum Gasteiger partial charge on any atom is 0.328 e. The smallest absolute Gasteiger partial charge is 0.328 e. The molecule has 4 heterocycles. The van der Waals surface area contributed by atoms with Crippen LogP contribution >= 0.6 is 11.6 Å². The van der Waals surface area contributed by atoms with E-state index in [2.05, 4.69) is 21.8 Å². The molecule has 3 aromatic rings. The zero-order valence-electron chi connectivity index (χ0n) is 21.5. The molecule has 0 aliphatic carbocycles. The first-order chi connectivity index (χ1) is 18.2. The predicted octanol–water partition coefficient (Wildman–Crippen LogP) is 3.97. The average molecular weight is 540 g/mol. The molecule has 2 aromatic carbocycles. The number of likely N-dealkylation sites (N-methyl/N-ethyl adjacent to an activating group) is 1. The molecule has 200 valence electrons. The number of carbonyl (C=O) groups is 2. The van der Waals surface area contributed by atoms with E-state index >= 15 is 0 Å². The van der Waals surface area contributed by atoms with Gasteiger partial charge in [-0.15, -0.1) is 0 Å². The number of piperazine rings is 1. The number of fused-ring (bicyclic) bond motifs is 4. The van der Waals surface area contributed by atoms with Gasteiger partial charge in [-0.05, 0) is 62.3 Å². The number of H-pyrrole nitrogens is 1. The van der Waals surface area contributed by atoms with Crippen LogP contribution in [0.3, 0.4) is 0 Å². The van der Waals surface area contributed by atoms with Crippen LogP contribution in [0.4, 0.5) is 9.18 Å². The summed E-state index contributed by atoms with van der Waals surface area (Å²) in [6, 6.07) is 8.62. The third-order valence-corrected chi connectivity index (χ3v) is 8.63. The van der Waals surface area contributed by atoms with Crippen LogP contribution in [0.1, 0.15) is 36.2 Å². The lowest BCUT2D eigenvalue weighted by Gasteiger charge is -2.42. The number of carbonyl (C=O) groups excluding carboxylic acids is 2. The van der Waals surface area contributed by atoms with Gasteiger partial charge in [-0.3, -0.25) is 14.6 Å². The van der Waals surface area contributed by atoms with Gasteiger partial charge in [0.1, 0.15) is 23.1 Å². The fourth-order valence-corrected chi connectivity index (χ4v) is 6.44. The van der Waals surface area contributed by atoms with Crippen molar-refractivity contribution in [3.05, 3.63) is 64.1 Å². The minimum absolute atomic E-state index is 0.000135. The summed E-state index contributed by atoms with van der Waals surface area (Å²) in [5, 5.41) is 11.0. The molecule has 0 unspecified atom stereocenters. The number of phenolic OH excluding ortho intramolecular Hbond substituents is 1. The molecule has 0 saturated carbocycles. The lowest BCUT2D eigenvalue weighted by molar-refractivity contribution is -0.133. The van der Waals surface area contributed by atoms with Crippen LogP contribution in [0.15, 0.2) is 36.4 Å². The highest BCUT2D eigenvalue weighted by Crippen LogP contribution is 2.49. The summed E-state index contributed by atoms with van der Waals surface area (Å²) in [4.78, 5) is 38.9. The monoisotopic (exact) mass is 539 g/mol. The summed E-state index contributed by atoms with van der Waals surface area (Å²) >= 11 is 6.14. The fraction of sp³-hybridized carbons (Fsp3) is 0.429. The van der Waals surface area contributed by atoms with E-state index in [0.717, 1.165) is 43.7 Å². The molecule has 38 heavy (non-hydrogen) atoms. The van der Waals surface area contributed by atoms with Gasteiger partial charge in [0.25, 0.3) is 5.91 Å². The summed E-state index contributed by atoms with van der Waals surface area (Å²) in [6.45, 7) is 6.95. The van der Waals surface area contributed by atoms with E-state index in [0.29, 0.717) is 29.7 Å². The van der Waals surface area contributed by atoms with Crippen LogP contribution in [-0.4, -0.2) is 93.5 Å². The van der Waals surface area contributed by atoms with Crippen LogP contribution < -0.4 is 0 Å². The Bertz CT molecular complexity index is 1440. The van der Waals surface area contributed by atoms with Gasteiger partial charge >= 0.3 is 6.03 Å². The van der Waals surface area contributed by atoms with Crippen molar-refractivity contribution in [2.45, 2.75) is 31.3 Å². The number of aromatic hydroxyl groups is 1. The Morgan fingerprint density at radius 2 is 1.89 bits per heavy atom. The Balaban J connectivity index is 1.37. The molecule has 2 saturated heterocycles. The maximum atomic E-state index is 14.3. The van der Waals surface area contributed by atoms with Gasteiger partial charge in [0.2, 0.25) is 0 Å². The van der Waals surface area contributed by atoms with Crippen LogP contribution in [-0.2, 0) is 11.2 Å². The minimum Gasteiger partial charge on any atom is -0.508 e. The van der Waals surface area contributed by atoms with E-state index in [1.165, 1.54) is 11.0 Å². The molecule has 10 heteroatoms. The Hall–Kier alpha value is -3.14. The number of aromatic nitrogens is 1. The van der Waals surface area contributed by atoms with Gasteiger partial charge in [-0.2, -0.15) is 0 Å².